The molecule has 1 aliphatic heterocycles. The molecular weight excluding hydrogens is 336 g/mol. The number of aromatic nitrogens is 2. The second-order valence-corrected chi connectivity index (χ2v) is 9.68. The molecule has 0 radical (unpaired) electrons. The molecule has 1 atom stereocenters. The molecule has 2 N–H and O–H groups in total. The molecule has 7 heteroatoms. The van der Waals surface area contributed by atoms with Gasteiger partial charge in [-0.05, 0) is 23.5 Å². The molecule has 0 spiro atoms. The quantitative estimate of drug-likeness (QED) is 0.871. The van der Waals surface area contributed by atoms with Crippen molar-refractivity contribution in [1.29, 1.82) is 0 Å². The lowest BCUT2D eigenvalue weighted by molar-refractivity contribution is 0.592. The molecule has 0 aliphatic carbocycles. The number of nitrogens with zero attached hydrogens (tertiary/aromatic N) is 2. The van der Waals surface area contributed by atoms with E-state index in [-0.39, 0.29) is 23.0 Å². The Morgan fingerprint density at radius 3 is 2.52 bits per heavy atom. The molecule has 1 unspecified atom stereocenters. The van der Waals surface area contributed by atoms with Crippen molar-refractivity contribution in [2.75, 3.05) is 22.1 Å². The van der Waals surface area contributed by atoms with Gasteiger partial charge in [0.15, 0.2) is 9.84 Å². The Hall–Kier alpha value is -2.15. The molecule has 2 aromatic rings. The van der Waals surface area contributed by atoms with Crippen LogP contribution in [0.3, 0.4) is 0 Å². The van der Waals surface area contributed by atoms with Gasteiger partial charge in [0, 0.05) is 17.8 Å². The van der Waals surface area contributed by atoms with E-state index in [1.165, 1.54) is 11.9 Å². The first-order chi connectivity index (χ1) is 11.7. The summed E-state index contributed by atoms with van der Waals surface area (Å²) in [4.78, 5) is 8.49. The van der Waals surface area contributed by atoms with Crippen molar-refractivity contribution in [3.05, 3.63) is 42.2 Å². The van der Waals surface area contributed by atoms with Crippen LogP contribution in [0.2, 0.25) is 0 Å². The summed E-state index contributed by atoms with van der Waals surface area (Å²) in [7, 11) is -2.92. The van der Waals surface area contributed by atoms with Gasteiger partial charge >= 0.3 is 0 Å². The topological polar surface area (TPSA) is 84.0 Å². The minimum absolute atomic E-state index is 0.00983. The number of hydrogen-bond donors (Lipinski definition) is 2. The van der Waals surface area contributed by atoms with Gasteiger partial charge in [0.1, 0.15) is 18.0 Å². The van der Waals surface area contributed by atoms with Gasteiger partial charge < -0.3 is 10.6 Å². The van der Waals surface area contributed by atoms with Crippen LogP contribution in [0.15, 0.2) is 36.7 Å². The van der Waals surface area contributed by atoms with Gasteiger partial charge in [0.2, 0.25) is 0 Å². The first-order valence-electron chi connectivity index (χ1n) is 8.38. The zero-order valence-electron chi connectivity index (χ0n) is 14.8. The van der Waals surface area contributed by atoms with E-state index in [0.29, 0.717) is 18.1 Å². The van der Waals surface area contributed by atoms with Crippen molar-refractivity contribution in [3.63, 3.8) is 0 Å². The van der Waals surface area contributed by atoms with Crippen molar-refractivity contribution in [3.8, 4) is 0 Å². The van der Waals surface area contributed by atoms with Crippen molar-refractivity contribution < 1.29 is 8.42 Å². The van der Waals surface area contributed by atoms with Crippen LogP contribution in [0.1, 0.15) is 32.8 Å². The fourth-order valence-corrected chi connectivity index (χ4v) is 4.68. The molecule has 0 bridgehead atoms. The molecule has 1 fully saturated rings. The van der Waals surface area contributed by atoms with Gasteiger partial charge in [-0.3, -0.25) is 0 Å². The SMILES string of the molecule is CC(C)(C)c1ccccc1Nc1cc(NC2CCS(=O)(=O)C2)ncn1. The van der Waals surface area contributed by atoms with E-state index < -0.39 is 9.84 Å². The number of sulfone groups is 1. The van der Waals surface area contributed by atoms with E-state index in [2.05, 4.69) is 47.4 Å². The van der Waals surface area contributed by atoms with E-state index >= 15 is 0 Å². The van der Waals surface area contributed by atoms with Crippen molar-refractivity contribution in [2.24, 2.45) is 0 Å². The molecule has 0 saturated carbocycles. The summed E-state index contributed by atoms with van der Waals surface area (Å²) < 4.78 is 23.2. The second-order valence-electron chi connectivity index (χ2n) is 7.45. The largest absolute Gasteiger partial charge is 0.366 e. The highest BCUT2D eigenvalue weighted by Gasteiger charge is 2.28. The average Bonchev–Trinajstić information content (AvgIpc) is 2.86. The predicted octanol–water partition coefficient (Wildman–Crippen LogP) is 3.12. The van der Waals surface area contributed by atoms with Crippen LogP contribution in [0.5, 0.6) is 0 Å². The van der Waals surface area contributed by atoms with Crippen LogP contribution >= 0.6 is 0 Å². The third kappa shape index (κ3) is 4.48. The maximum Gasteiger partial charge on any atom is 0.152 e. The van der Waals surface area contributed by atoms with Gasteiger partial charge in [-0.15, -0.1) is 0 Å². The van der Waals surface area contributed by atoms with Crippen molar-refractivity contribution in [2.45, 2.75) is 38.6 Å². The molecule has 1 aromatic carbocycles. The summed E-state index contributed by atoms with van der Waals surface area (Å²) in [6, 6.07) is 9.87. The number of rotatable bonds is 4. The summed E-state index contributed by atoms with van der Waals surface area (Å²) in [5, 5.41) is 6.55. The van der Waals surface area contributed by atoms with Gasteiger partial charge in [-0.25, -0.2) is 18.4 Å². The summed E-state index contributed by atoms with van der Waals surface area (Å²) >= 11 is 0. The lowest BCUT2D eigenvalue weighted by Gasteiger charge is -2.23. The third-order valence-corrected chi connectivity index (χ3v) is 6.02. The van der Waals surface area contributed by atoms with Gasteiger partial charge in [0.05, 0.1) is 11.5 Å². The normalized spacial score (nSPS) is 19.6. The summed E-state index contributed by atoms with van der Waals surface area (Å²) in [6.07, 6.45) is 2.09. The van der Waals surface area contributed by atoms with Crippen LogP contribution in [-0.2, 0) is 15.3 Å². The molecule has 1 saturated heterocycles. The Kier molecular flexibility index (Phi) is 4.69. The Balaban J connectivity index is 1.77. The van der Waals surface area contributed by atoms with Crippen LogP contribution in [0.4, 0.5) is 17.3 Å². The molecule has 1 aromatic heterocycles. The Morgan fingerprint density at radius 2 is 1.84 bits per heavy atom. The molecule has 3 rings (SSSR count). The number of benzene rings is 1. The Labute approximate surface area is 149 Å². The third-order valence-electron chi connectivity index (χ3n) is 4.25. The smallest absolute Gasteiger partial charge is 0.152 e. The maximum atomic E-state index is 11.6. The number of nitrogens with one attached hydrogen (secondary N) is 2. The van der Waals surface area contributed by atoms with Crippen LogP contribution in [0, 0.1) is 0 Å². The van der Waals surface area contributed by atoms with Crippen LogP contribution in [-0.4, -0.2) is 35.9 Å². The molecule has 1 aliphatic rings. The van der Waals surface area contributed by atoms with Crippen molar-refractivity contribution >= 4 is 27.2 Å². The number of hydrogen-bond acceptors (Lipinski definition) is 6. The van der Waals surface area contributed by atoms with Gasteiger partial charge in [0.25, 0.3) is 0 Å². The Bertz CT molecular complexity index is 859. The van der Waals surface area contributed by atoms with Crippen LogP contribution in [0.25, 0.3) is 0 Å². The van der Waals surface area contributed by atoms with Crippen LogP contribution < -0.4 is 10.6 Å². The lowest BCUT2D eigenvalue weighted by atomic mass is 9.86. The highest BCUT2D eigenvalue weighted by molar-refractivity contribution is 7.91. The molecular formula is C18H24N4O2S. The molecule has 6 nitrogen and oxygen atoms in total. The van der Waals surface area contributed by atoms with Gasteiger partial charge in [-0.1, -0.05) is 39.0 Å². The van der Waals surface area contributed by atoms with E-state index in [1.54, 1.807) is 0 Å². The number of para-hydroxylation sites is 1. The van der Waals surface area contributed by atoms with E-state index in [0.717, 1.165) is 5.69 Å². The minimum Gasteiger partial charge on any atom is -0.366 e. The predicted molar refractivity (Wildman–Crippen MR) is 101 cm³/mol. The number of anilines is 3. The van der Waals surface area contributed by atoms with Gasteiger partial charge in [-0.2, -0.15) is 0 Å². The molecule has 25 heavy (non-hydrogen) atoms. The lowest BCUT2D eigenvalue weighted by Crippen LogP contribution is -2.21. The summed E-state index contributed by atoms with van der Waals surface area (Å²) in [6.45, 7) is 6.50. The molecule has 0 amide bonds. The van der Waals surface area contributed by atoms with E-state index in [4.69, 9.17) is 0 Å². The first kappa shape index (κ1) is 17.7. The fourth-order valence-electron chi connectivity index (χ4n) is 3.01. The van der Waals surface area contributed by atoms with E-state index in [1.807, 2.05) is 24.3 Å². The van der Waals surface area contributed by atoms with E-state index in [9.17, 15) is 8.42 Å². The average molecular weight is 360 g/mol. The minimum atomic E-state index is -2.92. The standard InChI is InChI=1S/C18H24N4O2S/c1-18(2,3)14-6-4-5-7-15(14)22-17-10-16(19-12-20-17)21-13-8-9-25(23,24)11-13/h4-7,10,12-13H,8-9,11H2,1-3H3,(H2,19,20,21,22). The highest BCUT2D eigenvalue weighted by Crippen LogP contribution is 2.31. The first-order valence-corrected chi connectivity index (χ1v) is 10.2. The second kappa shape index (κ2) is 6.63. The Morgan fingerprint density at radius 1 is 1.12 bits per heavy atom. The zero-order chi connectivity index (χ0) is 18.1. The van der Waals surface area contributed by atoms with Crippen molar-refractivity contribution in [1.82, 2.24) is 9.97 Å². The summed E-state index contributed by atoms with van der Waals surface area (Å²) in [5.74, 6) is 1.70. The molecule has 2 heterocycles. The fraction of sp³-hybridized carbons (Fsp3) is 0.444. The molecule has 134 valence electrons. The maximum absolute atomic E-state index is 11.6. The monoisotopic (exact) mass is 360 g/mol. The zero-order valence-corrected chi connectivity index (χ0v) is 15.6. The summed E-state index contributed by atoms with van der Waals surface area (Å²) in [5.41, 5.74) is 2.21. The highest BCUT2D eigenvalue weighted by atomic mass is 32.2.